The molecule has 0 saturated carbocycles. The van der Waals surface area contributed by atoms with Crippen molar-refractivity contribution in [2.45, 2.75) is 157 Å². The van der Waals surface area contributed by atoms with Crippen LogP contribution in [0.15, 0.2) is 56.4 Å². The first-order chi connectivity index (χ1) is 25.2. The van der Waals surface area contributed by atoms with Gasteiger partial charge in [-0.05, 0) is 98.6 Å². The molecule has 0 aromatic heterocycles. The quantitative estimate of drug-likeness (QED) is 0.121. The highest BCUT2D eigenvalue weighted by Crippen LogP contribution is 2.40. The normalized spacial score (nSPS) is 14.4. The molecule has 3 aromatic carbocycles. The molecule has 0 aliphatic heterocycles. The molecule has 0 bridgehead atoms. The number of benzene rings is 3. The van der Waals surface area contributed by atoms with Crippen LogP contribution in [0, 0.1) is 0 Å². The van der Waals surface area contributed by atoms with Crippen LogP contribution in [-0.2, 0) is 21.7 Å². The number of aliphatic imine (C=N–C) groups is 4. The SMILES string of the molecule is CC(=NCC(C)(C)N=Cc1ccc(C=NC(C)(C)CN=C(C)c2cc(C(C)(C)C)cc(C(C)(C)C)c2O)c(O)c1O)c1cc(C(C)(C)C)cc(C(C)(C)C)c1O. The summed E-state index contributed by atoms with van der Waals surface area (Å²) < 4.78 is 0. The largest absolute Gasteiger partial charge is 0.507 e. The Morgan fingerprint density at radius 2 is 0.768 bits per heavy atom. The van der Waals surface area contributed by atoms with Gasteiger partial charge in [-0.2, -0.15) is 0 Å². The fourth-order valence-electron chi connectivity index (χ4n) is 6.01. The summed E-state index contributed by atoms with van der Waals surface area (Å²) in [6.07, 6.45) is 3.10. The van der Waals surface area contributed by atoms with Gasteiger partial charge in [0.1, 0.15) is 11.5 Å². The summed E-state index contributed by atoms with van der Waals surface area (Å²) in [5.74, 6) is -0.0786. The highest BCUT2D eigenvalue weighted by molar-refractivity contribution is 6.02. The molecule has 4 N–H and O–H groups in total. The molecule has 0 aliphatic rings. The van der Waals surface area contributed by atoms with Crippen LogP contribution in [0.3, 0.4) is 0 Å². The zero-order chi connectivity index (χ0) is 43.0. The van der Waals surface area contributed by atoms with E-state index in [9.17, 15) is 20.4 Å². The van der Waals surface area contributed by atoms with E-state index in [-0.39, 0.29) is 44.7 Å². The maximum absolute atomic E-state index is 11.3. The van der Waals surface area contributed by atoms with Gasteiger partial charge in [0.25, 0.3) is 0 Å². The zero-order valence-corrected chi connectivity index (χ0v) is 37.6. The summed E-state index contributed by atoms with van der Waals surface area (Å²) in [6, 6.07) is 11.6. The number of rotatable bonds is 10. The summed E-state index contributed by atoms with van der Waals surface area (Å²) in [7, 11) is 0. The summed E-state index contributed by atoms with van der Waals surface area (Å²) in [6.45, 7) is 37.8. The van der Waals surface area contributed by atoms with E-state index in [2.05, 4.69) is 95.2 Å². The van der Waals surface area contributed by atoms with Crippen molar-refractivity contribution in [1.29, 1.82) is 0 Å². The van der Waals surface area contributed by atoms with Gasteiger partial charge >= 0.3 is 0 Å². The fraction of sp³-hybridized carbons (Fsp3) is 0.542. The van der Waals surface area contributed by atoms with E-state index in [4.69, 9.17) is 20.0 Å². The Kier molecular flexibility index (Phi) is 13.3. The molecule has 0 unspecified atom stereocenters. The van der Waals surface area contributed by atoms with Crippen molar-refractivity contribution in [2.75, 3.05) is 13.1 Å². The van der Waals surface area contributed by atoms with E-state index in [1.54, 1.807) is 24.6 Å². The number of hydrogen-bond acceptors (Lipinski definition) is 8. The summed E-state index contributed by atoms with van der Waals surface area (Å²) in [4.78, 5) is 19.2. The van der Waals surface area contributed by atoms with Crippen LogP contribution in [-0.4, -0.2) is 68.4 Å². The summed E-state index contributed by atoms with van der Waals surface area (Å²) in [5.41, 5.74) is 5.65. The minimum Gasteiger partial charge on any atom is -0.507 e. The third-order valence-electron chi connectivity index (χ3n) is 10.1. The van der Waals surface area contributed by atoms with Gasteiger partial charge in [-0.15, -0.1) is 0 Å². The number of aromatic hydroxyl groups is 4. The van der Waals surface area contributed by atoms with Crippen molar-refractivity contribution in [3.05, 3.63) is 80.9 Å². The van der Waals surface area contributed by atoms with Gasteiger partial charge in [-0.3, -0.25) is 20.0 Å². The third kappa shape index (κ3) is 11.5. The Balaban J connectivity index is 1.83. The summed E-state index contributed by atoms with van der Waals surface area (Å²) in [5, 5.41) is 44.5. The molecule has 306 valence electrons. The highest BCUT2D eigenvalue weighted by Gasteiger charge is 2.28. The van der Waals surface area contributed by atoms with Crippen molar-refractivity contribution >= 4 is 23.9 Å². The lowest BCUT2D eigenvalue weighted by Gasteiger charge is -2.27. The van der Waals surface area contributed by atoms with Gasteiger partial charge in [0.15, 0.2) is 11.5 Å². The number of nitrogens with zero attached hydrogens (tertiary/aromatic N) is 4. The molecule has 0 fully saturated rings. The number of phenols is 4. The maximum Gasteiger partial charge on any atom is 0.167 e. The molecular weight excluding hydrogens is 697 g/mol. The smallest absolute Gasteiger partial charge is 0.167 e. The van der Waals surface area contributed by atoms with Crippen LogP contribution in [0.5, 0.6) is 23.0 Å². The van der Waals surface area contributed by atoms with Gasteiger partial charge < -0.3 is 20.4 Å². The number of phenolic OH excluding ortho intramolecular Hbond substituents is 4. The van der Waals surface area contributed by atoms with E-state index >= 15 is 0 Å². The molecule has 3 aromatic rings. The first-order valence-corrected chi connectivity index (χ1v) is 19.7. The van der Waals surface area contributed by atoms with Crippen molar-refractivity contribution in [1.82, 2.24) is 0 Å². The standard InChI is InChI=1S/C48H70N4O4/c1-29(35-21-33(43(3,4)5)23-37(41(35)55)45(9,10)11)49-27-47(15,16)51-25-31-19-20-32(40(54)39(31)53)26-52-48(17,18)28-50-30(2)36-22-34(44(6,7)8)24-38(42(36)56)46(12,13)14/h19-26,53-56H,27-28H2,1-18H3. The molecule has 8 heteroatoms. The van der Waals surface area contributed by atoms with Crippen LogP contribution >= 0.6 is 0 Å². The predicted molar refractivity (Wildman–Crippen MR) is 238 cm³/mol. The summed E-state index contributed by atoms with van der Waals surface area (Å²) >= 11 is 0. The Bertz CT molecular complexity index is 1890. The molecule has 0 radical (unpaired) electrons. The maximum atomic E-state index is 11.3. The molecule has 0 heterocycles. The molecule has 56 heavy (non-hydrogen) atoms. The van der Waals surface area contributed by atoms with E-state index in [1.165, 1.54) is 0 Å². The van der Waals surface area contributed by atoms with Crippen molar-refractivity contribution in [3.8, 4) is 23.0 Å². The lowest BCUT2D eigenvalue weighted by Crippen LogP contribution is -2.23. The Hall–Kier alpha value is -4.46. The van der Waals surface area contributed by atoms with Gasteiger partial charge in [-0.25, -0.2) is 0 Å². The highest BCUT2D eigenvalue weighted by atomic mass is 16.3. The lowest BCUT2D eigenvalue weighted by molar-refractivity contribution is 0.402. The van der Waals surface area contributed by atoms with Gasteiger partial charge in [0.2, 0.25) is 0 Å². The van der Waals surface area contributed by atoms with Gasteiger partial charge in [0, 0.05) is 57.2 Å². The second-order valence-corrected chi connectivity index (χ2v) is 20.7. The Morgan fingerprint density at radius 1 is 0.464 bits per heavy atom. The fourth-order valence-corrected chi connectivity index (χ4v) is 6.01. The minimum atomic E-state index is -0.643. The van der Waals surface area contributed by atoms with Crippen molar-refractivity contribution < 1.29 is 20.4 Å². The molecule has 0 saturated heterocycles. The molecular formula is C48H70N4O4. The second kappa shape index (κ2) is 16.2. The van der Waals surface area contributed by atoms with Crippen LogP contribution < -0.4 is 0 Å². The van der Waals surface area contributed by atoms with Crippen LogP contribution in [0.4, 0.5) is 0 Å². The molecule has 0 amide bonds. The Morgan fingerprint density at radius 3 is 1.04 bits per heavy atom. The first-order valence-electron chi connectivity index (χ1n) is 19.7. The van der Waals surface area contributed by atoms with E-state index in [1.807, 2.05) is 53.7 Å². The lowest BCUT2D eigenvalue weighted by atomic mass is 9.78. The molecule has 8 nitrogen and oxygen atoms in total. The van der Waals surface area contributed by atoms with Gasteiger partial charge in [0.05, 0.1) is 24.2 Å². The average molecular weight is 767 g/mol. The number of hydrogen-bond donors (Lipinski definition) is 4. The van der Waals surface area contributed by atoms with Crippen LogP contribution in [0.1, 0.15) is 169 Å². The van der Waals surface area contributed by atoms with Crippen LogP contribution in [0.25, 0.3) is 0 Å². The second-order valence-electron chi connectivity index (χ2n) is 20.7. The zero-order valence-electron chi connectivity index (χ0n) is 37.6. The molecule has 0 aliphatic carbocycles. The van der Waals surface area contributed by atoms with Crippen LogP contribution in [0.2, 0.25) is 0 Å². The molecule has 3 rings (SSSR count). The van der Waals surface area contributed by atoms with Gasteiger partial charge in [-0.1, -0.05) is 95.2 Å². The first kappa shape index (κ1) is 45.9. The topological polar surface area (TPSA) is 130 Å². The molecule has 0 spiro atoms. The average Bonchev–Trinajstić information content (AvgIpc) is 3.04. The third-order valence-corrected chi connectivity index (χ3v) is 10.1. The van der Waals surface area contributed by atoms with Crippen molar-refractivity contribution in [3.63, 3.8) is 0 Å². The van der Waals surface area contributed by atoms with E-state index in [0.29, 0.717) is 35.3 Å². The van der Waals surface area contributed by atoms with Crippen molar-refractivity contribution in [2.24, 2.45) is 20.0 Å². The minimum absolute atomic E-state index is 0.104. The monoisotopic (exact) mass is 767 g/mol. The predicted octanol–water partition coefficient (Wildman–Crippen LogP) is 11.1. The van der Waals surface area contributed by atoms with E-state index < -0.39 is 11.1 Å². The Labute approximate surface area is 337 Å². The molecule has 0 atom stereocenters. The van der Waals surface area contributed by atoms with E-state index in [0.717, 1.165) is 33.7 Å².